The Morgan fingerprint density at radius 1 is 1.17 bits per heavy atom. The van der Waals surface area contributed by atoms with Gasteiger partial charge in [-0.25, -0.2) is 0 Å². The number of amides is 2. The number of nitrogens with zero attached hydrogens (tertiary/aromatic N) is 3. The van der Waals surface area contributed by atoms with Crippen LogP contribution in [0.2, 0.25) is 10.0 Å². The SMILES string of the molecule is Cn1c(CNC(=O)c2ccccc2Br)nnc1SCC(=O)Nc1cc(Cl)ccc1Cl. The van der Waals surface area contributed by atoms with Crippen LogP contribution < -0.4 is 10.6 Å². The van der Waals surface area contributed by atoms with Gasteiger partial charge < -0.3 is 15.2 Å². The number of halogens is 3. The molecule has 30 heavy (non-hydrogen) atoms. The lowest BCUT2D eigenvalue weighted by Crippen LogP contribution is -2.24. The number of aromatic nitrogens is 3. The molecule has 0 saturated carbocycles. The summed E-state index contributed by atoms with van der Waals surface area (Å²) in [5.74, 6) is 0.197. The van der Waals surface area contributed by atoms with Gasteiger partial charge in [0.2, 0.25) is 5.91 Å². The summed E-state index contributed by atoms with van der Waals surface area (Å²) in [7, 11) is 1.77. The summed E-state index contributed by atoms with van der Waals surface area (Å²) in [4.78, 5) is 24.5. The normalized spacial score (nSPS) is 10.7. The number of anilines is 1. The minimum absolute atomic E-state index is 0.109. The van der Waals surface area contributed by atoms with Crippen molar-refractivity contribution in [1.82, 2.24) is 20.1 Å². The maximum atomic E-state index is 12.3. The lowest BCUT2D eigenvalue weighted by atomic mass is 10.2. The van der Waals surface area contributed by atoms with E-state index in [2.05, 4.69) is 36.8 Å². The van der Waals surface area contributed by atoms with Crippen LogP contribution in [0.3, 0.4) is 0 Å². The second-order valence-corrected chi connectivity index (χ2v) is 8.72. The zero-order valence-corrected chi connectivity index (χ0v) is 19.6. The quantitative estimate of drug-likeness (QED) is 0.439. The first-order chi connectivity index (χ1) is 14.3. The number of thioether (sulfide) groups is 1. The van der Waals surface area contributed by atoms with Gasteiger partial charge in [0, 0.05) is 16.5 Å². The molecular formula is C19H16BrCl2N5O2S. The maximum Gasteiger partial charge on any atom is 0.252 e. The van der Waals surface area contributed by atoms with Gasteiger partial charge in [-0.2, -0.15) is 0 Å². The van der Waals surface area contributed by atoms with Gasteiger partial charge in [0.1, 0.15) is 0 Å². The van der Waals surface area contributed by atoms with E-state index in [1.165, 1.54) is 11.8 Å². The fourth-order valence-electron chi connectivity index (χ4n) is 2.43. The van der Waals surface area contributed by atoms with Gasteiger partial charge in [0.15, 0.2) is 11.0 Å². The molecule has 2 N–H and O–H groups in total. The van der Waals surface area contributed by atoms with Gasteiger partial charge in [-0.15, -0.1) is 10.2 Å². The van der Waals surface area contributed by atoms with Crippen LogP contribution in [0.15, 0.2) is 52.1 Å². The second kappa shape index (κ2) is 10.3. The van der Waals surface area contributed by atoms with Crippen molar-refractivity contribution in [2.24, 2.45) is 7.05 Å². The Balaban J connectivity index is 1.55. The van der Waals surface area contributed by atoms with Gasteiger partial charge in [-0.05, 0) is 46.3 Å². The fraction of sp³-hybridized carbons (Fsp3) is 0.158. The van der Waals surface area contributed by atoms with Crippen molar-refractivity contribution in [2.75, 3.05) is 11.1 Å². The number of hydrogen-bond donors (Lipinski definition) is 2. The monoisotopic (exact) mass is 527 g/mol. The van der Waals surface area contributed by atoms with E-state index in [1.54, 1.807) is 48.0 Å². The Hall–Kier alpha value is -2.07. The lowest BCUT2D eigenvalue weighted by Gasteiger charge is -2.08. The highest BCUT2D eigenvalue weighted by atomic mass is 79.9. The van der Waals surface area contributed by atoms with Crippen LogP contribution in [-0.4, -0.2) is 32.3 Å². The molecule has 7 nitrogen and oxygen atoms in total. The van der Waals surface area contributed by atoms with Crippen LogP contribution in [-0.2, 0) is 18.4 Å². The van der Waals surface area contributed by atoms with Crippen LogP contribution in [0, 0.1) is 0 Å². The van der Waals surface area contributed by atoms with Gasteiger partial charge in [-0.3, -0.25) is 9.59 Å². The molecule has 2 amide bonds. The molecular weight excluding hydrogens is 513 g/mol. The topological polar surface area (TPSA) is 88.9 Å². The Labute approximate surface area is 195 Å². The van der Waals surface area contributed by atoms with Crippen molar-refractivity contribution in [3.8, 4) is 0 Å². The summed E-state index contributed by atoms with van der Waals surface area (Å²) < 4.78 is 2.44. The zero-order chi connectivity index (χ0) is 21.7. The van der Waals surface area contributed by atoms with Crippen LogP contribution in [0.1, 0.15) is 16.2 Å². The number of carbonyl (C=O) groups is 2. The molecule has 3 rings (SSSR count). The van der Waals surface area contributed by atoms with Gasteiger partial charge in [0.25, 0.3) is 5.91 Å². The largest absolute Gasteiger partial charge is 0.345 e. The molecule has 2 aromatic carbocycles. The minimum atomic E-state index is -0.254. The first-order valence-corrected chi connectivity index (χ1v) is 11.2. The Morgan fingerprint density at radius 3 is 2.70 bits per heavy atom. The number of rotatable bonds is 7. The number of hydrogen-bond acceptors (Lipinski definition) is 5. The lowest BCUT2D eigenvalue weighted by molar-refractivity contribution is -0.113. The summed E-state index contributed by atoms with van der Waals surface area (Å²) in [6.45, 7) is 0.203. The Morgan fingerprint density at radius 2 is 1.93 bits per heavy atom. The third-order valence-electron chi connectivity index (χ3n) is 3.99. The van der Waals surface area contributed by atoms with Crippen molar-refractivity contribution >= 4 is 68.4 Å². The van der Waals surface area contributed by atoms with Crippen molar-refractivity contribution in [2.45, 2.75) is 11.7 Å². The van der Waals surface area contributed by atoms with E-state index >= 15 is 0 Å². The Kier molecular flexibility index (Phi) is 7.76. The molecule has 0 atom stereocenters. The summed E-state index contributed by atoms with van der Waals surface area (Å²) in [6, 6.07) is 12.0. The van der Waals surface area contributed by atoms with Gasteiger partial charge in [0.05, 0.1) is 28.6 Å². The Bertz CT molecular complexity index is 1090. The highest BCUT2D eigenvalue weighted by Crippen LogP contribution is 2.26. The van der Waals surface area contributed by atoms with Crippen LogP contribution in [0.25, 0.3) is 0 Å². The third kappa shape index (κ3) is 5.75. The molecule has 1 heterocycles. The van der Waals surface area contributed by atoms with Gasteiger partial charge >= 0.3 is 0 Å². The van der Waals surface area contributed by atoms with E-state index in [9.17, 15) is 9.59 Å². The fourth-order valence-corrected chi connectivity index (χ4v) is 3.97. The molecule has 3 aromatic rings. The maximum absolute atomic E-state index is 12.3. The van der Waals surface area contributed by atoms with Crippen LogP contribution >= 0.6 is 50.9 Å². The highest BCUT2D eigenvalue weighted by Gasteiger charge is 2.14. The molecule has 0 aliphatic heterocycles. The van der Waals surface area contributed by atoms with E-state index in [-0.39, 0.29) is 24.1 Å². The smallest absolute Gasteiger partial charge is 0.252 e. The van der Waals surface area contributed by atoms with Gasteiger partial charge in [-0.1, -0.05) is 47.1 Å². The first-order valence-electron chi connectivity index (χ1n) is 8.64. The zero-order valence-electron chi connectivity index (χ0n) is 15.7. The van der Waals surface area contributed by atoms with Crippen molar-refractivity contribution in [3.63, 3.8) is 0 Å². The second-order valence-electron chi connectivity index (χ2n) is 6.08. The number of nitrogens with one attached hydrogen (secondary N) is 2. The highest BCUT2D eigenvalue weighted by molar-refractivity contribution is 9.10. The minimum Gasteiger partial charge on any atom is -0.345 e. The average molecular weight is 529 g/mol. The molecule has 0 bridgehead atoms. The van der Waals surface area contributed by atoms with E-state index in [4.69, 9.17) is 23.2 Å². The van der Waals surface area contributed by atoms with E-state index in [0.29, 0.717) is 36.7 Å². The molecule has 11 heteroatoms. The molecule has 0 saturated heterocycles. The molecule has 0 spiro atoms. The van der Waals surface area contributed by atoms with Crippen LogP contribution in [0.4, 0.5) is 5.69 Å². The number of carbonyl (C=O) groups excluding carboxylic acids is 2. The first kappa shape index (κ1) is 22.6. The predicted molar refractivity (Wildman–Crippen MR) is 122 cm³/mol. The third-order valence-corrected chi connectivity index (χ3v) is 6.26. The molecule has 1 aromatic heterocycles. The molecule has 0 aliphatic carbocycles. The van der Waals surface area contributed by atoms with Crippen LogP contribution in [0.5, 0.6) is 0 Å². The molecule has 0 unspecified atom stereocenters. The number of benzene rings is 2. The predicted octanol–water partition coefficient (Wildman–Crippen LogP) is 4.55. The summed E-state index contributed by atoms with van der Waals surface area (Å²) >= 11 is 16.6. The average Bonchev–Trinajstić information content (AvgIpc) is 3.07. The summed E-state index contributed by atoms with van der Waals surface area (Å²) in [5.41, 5.74) is 0.980. The van der Waals surface area contributed by atoms with E-state index in [1.807, 2.05) is 6.07 Å². The molecule has 0 aliphatic rings. The standard InChI is InChI=1S/C19H16BrCl2N5O2S/c1-27-16(9-23-18(29)12-4-2-3-5-13(12)20)25-26-19(27)30-10-17(28)24-15-8-11(21)6-7-14(15)22/h2-8H,9-10H2,1H3,(H,23,29)(H,24,28). The molecule has 0 fully saturated rings. The molecule has 0 radical (unpaired) electrons. The van der Waals surface area contributed by atoms with Crippen molar-refractivity contribution in [1.29, 1.82) is 0 Å². The van der Waals surface area contributed by atoms with E-state index in [0.717, 1.165) is 0 Å². The van der Waals surface area contributed by atoms with Crippen molar-refractivity contribution < 1.29 is 9.59 Å². The van der Waals surface area contributed by atoms with E-state index < -0.39 is 0 Å². The summed E-state index contributed by atoms with van der Waals surface area (Å²) in [6.07, 6.45) is 0. The van der Waals surface area contributed by atoms with Crippen molar-refractivity contribution in [3.05, 3.63) is 68.4 Å². The summed E-state index contributed by atoms with van der Waals surface area (Å²) in [5, 5.41) is 15.1. The molecule has 156 valence electrons.